The molecule has 7 rings (SSSR count). The van der Waals surface area contributed by atoms with E-state index in [4.69, 9.17) is 23.3 Å². The molecular formula is C70H90BrN5Na3O23PS4. The van der Waals surface area contributed by atoms with Crippen LogP contribution in [0.3, 0.4) is 0 Å². The van der Waals surface area contributed by atoms with Crippen LogP contribution in [0, 0.1) is 11.5 Å². The molecule has 28 nitrogen and oxygen atoms in total. The number of imide groups is 1. The third-order valence-corrected chi connectivity index (χ3v) is 23.4. The summed E-state index contributed by atoms with van der Waals surface area (Å²) in [6.45, 7) is 11.6. The van der Waals surface area contributed by atoms with E-state index >= 15 is 0 Å². The number of carboxylic acid groups (broad SMARTS) is 1. The van der Waals surface area contributed by atoms with Crippen molar-refractivity contribution in [1.29, 1.82) is 0 Å². The van der Waals surface area contributed by atoms with Gasteiger partial charge in [0.15, 0.2) is 5.71 Å². The number of carboxylic acids is 1. The van der Waals surface area contributed by atoms with Gasteiger partial charge in [0.25, 0.3) is 7.82 Å². The Morgan fingerprint density at radius 2 is 1.45 bits per heavy atom. The summed E-state index contributed by atoms with van der Waals surface area (Å²) in [6, 6.07) is 16.5. The number of carbonyl (C=O) groups excluding carboxylic acids is 5. The minimum absolute atomic E-state index is 0. The standard InChI is InChI=1S/C70H93BrN5O23PS4.3Na/c1-67(2,46-70(7,71)66(83)96-40-41-98-100(84,85)97-39-37-76(8,9)10)65(82)95-38-36-75-61(78)44-57(63(75)79)101-45-54(64(80)81)72-60(77)23-12-11-15-34-74-56-31-30-51(104(92,93)94)43-53(56)69(5,6)59(74)33-25-48-20-18-19-47(62(48)99-49-26-28-50(29-27-49)103(89,90)91)24-32-58-68(3,4)52-21-13-14-22-55(52)73(58)35-16-17-42-102(86,87)88;;;/h14,21-22,24-33,43,54,57H,11-12,15-20,23,34-42,44-46H2,1-10H3,(H5-,72,77,80,81,84,85,86,87,88,89,90,91,92,93,94);;;/q;3*+1/p-3/t54-,57?,70?;;;/m0.../s1. The summed E-state index contributed by atoms with van der Waals surface area (Å²) in [5, 5.41) is 11.7. The molecule has 1 fully saturated rings. The van der Waals surface area contributed by atoms with E-state index in [1.807, 2.05) is 76.3 Å². The smallest absolute Gasteiger partial charge is 0.756 e. The largest absolute Gasteiger partial charge is 1.00 e. The Morgan fingerprint density at radius 3 is 2.08 bits per heavy atom. The number of fused-ring (bicyclic) bond motifs is 2. The number of anilines is 1. The Morgan fingerprint density at radius 1 is 0.804 bits per heavy atom. The number of nitrogens with one attached hydrogen (secondary N) is 1. The maximum Gasteiger partial charge on any atom is 1.00 e. The Hall–Kier alpha value is -3.46. The number of unbranched alkanes of at least 4 members (excludes halogenated alkanes) is 3. The Kier molecular flexibility index (Phi) is 35.9. The maximum atomic E-state index is 13.5. The molecule has 0 bridgehead atoms. The number of phosphoric acid groups is 1. The van der Waals surface area contributed by atoms with Crippen molar-refractivity contribution < 1.29 is 203 Å². The Bertz CT molecular complexity index is 4340. The van der Waals surface area contributed by atoms with E-state index in [0.29, 0.717) is 97.3 Å². The molecule has 3 heterocycles. The van der Waals surface area contributed by atoms with Gasteiger partial charge in [0, 0.05) is 65.6 Å². The zero-order chi connectivity index (χ0) is 77.2. The predicted molar refractivity (Wildman–Crippen MR) is 384 cm³/mol. The molecule has 0 aromatic heterocycles. The van der Waals surface area contributed by atoms with Crippen LogP contribution in [-0.4, -0.2) is 200 Å². The van der Waals surface area contributed by atoms with Crippen LogP contribution in [0.15, 0.2) is 117 Å². The number of alkyl halides is 1. The summed E-state index contributed by atoms with van der Waals surface area (Å²) in [7, 11) is -13.2. The van der Waals surface area contributed by atoms with E-state index < -0.39 is 141 Å². The molecule has 572 valence electrons. The average molecular weight is 1680 g/mol. The number of allylic oxidation sites excluding steroid dienone is 7. The van der Waals surface area contributed by atoms with Crippen molar-refractivity contribution in [1.82, 2.24) is 10.2 Å². The van der Waals surface area contributed by atoms with Gasteiger partial charge in [0.2, 0.25) is 17.7 Å². The first-order valence-corrected chi connectivity index (χ1v) is 41.4. The number of esters is 2. The van der Waals surface area contributed by atoms with Gasteiger partial charge in [-0.15, -0.1) is 17.8 Å². The van der Waals surface area contributed by atoms with E-state index in [9.17, 15) is 82.2 Å². The summed E-state index contributed by atoms with van der Waals surface area (Å²) in [4.78, 5) is 92.8. The summed E-state index contributed by atoms with van der Waals surface area (Å²) < 4.78 is 148. The normalized spacial score (nSPS) is 18.8. The van der Waals surface area contributed by atoms with E-state index in [0.717, 1.165) is 51.3 Å². The van der Waals surface area contributed by atoms with Crippen LogP contribution in [0.5, 0.6) is 5.75 Å². The van der Waals surface area contributed by atoms with Crippen molar-refractivity contribution in [3.05, 3.63) is 125 Å². The molecule has 1 aliphatic carbocycles. The topological polar surface area (TPSA) is 402 Å². The second-order valence-corrected chi connectivity index (χ2v) is 37.3. The number of aliphatic carboxylic acids is 1. The molecule has 37 heteroatoms. The monoisotopic (exact) mass is 1680 g/mol. The van der Waals surface area contributed by atoms with Gasteiger partial charge in [-0.3, -0.25) is 33.4 Å². The first-order chi connectivity index (χ1) is 48.2. The molecular weight excluding hydrogens is 1590 g/mol. The number of carbonyl (C=O) groups is 6. The van der Waals surface area contributed by atoms with Gasteiger partial charge in [0.05, 0.1) is 64.9 Å². The fourth-order valence-electron chi connectivity index (χ4n) is 12.6. The van der Waals surface area contributed by atoms with E-state index in [1.165, 1.54) is 45.0 Å². The van der Waals surface area contributed by atoms with Gasteiger partial charge in [-0.25, -0.2) is 34.6 Å². The molecule has 3 unspecified atom stereocenters. The number of quaternary nitrogens is 1. The predicted octanol–water partition coefficient (Wildman–Crippen LogP) is -1.46. The van der Waals surface area contributed by atoms with Crippen LogP contribution >= 0.6 is 35.5 Å². The molecule has 4 atom stereocenters. The number of hydrogen-bond acceptors (Lipinski definition) is 24. The minimum Gasteiger partial charge on any atom is -0.756 e. The van der Waals surface area contributed by atoms with Gasteiger partial charge < -0.3 is 61.6 Å². The molecule has 0 saturated carbocycles. The summed E-state index contributed by atoms with van der Waals surface area (Å²) in [6.07, 6.45) is 10.6. The molecule has 107 heavy (non-hydrogen) atoms. The van der Waals surface area contributed by atoms with Crippen LogP contribution in [0.2, 0.25) is 0 Å². The van der Waals surface area contributed by atoms with Gasteiger partial charge >= 0.3 is 107 Å². The van der Waals surface area contributed by atoms with Crippen molar-refractivity contribution in [2.45, 2.75) is 155 Å². The second-order valence-electron chi connectivity index (χ2n) is 28.6. The summed E-state index contributed by atoms with van der Waals surface area (Å²) in [5.41, 5.74) is 3.28. The van der Waals surface area contributed by atoms with Crippen LogP contribution in [0.25, 0.3) is 0 Å². The fraction of sp³-hybridized carbons (Fsp3) is 0.529. The average Bonchev–Trinajstić information content (AvgIpc) is 1.60. The third kappa shape index (κ3) is 27.1. The molecule has 3 aromatic carbocycles. The van der Waals surface area contributed by atoms with Crippen LogP contribution in [0.1, 0.15) is 130 Å². The summed E-state index contributed by atoms with van der Waals surface area (Å²) >= 11 is 4.16. The zero-order valence-electron chi connectivity index (χ0n) is 62.8. The molecule has 3 aromatic rings. The molecule has 2 N–H and O–H groups in total. The number of ether oxygens (including phenoxy) is 3. The van der Waals surface area contributed by atoms with Crippen LogP contribution in [0.4, 0.5) is 11.4 Å². The number of amides is 3. The second kappa shape index (κ2) is 40.0. The van der Waals surface area contributed by atoms with Crippen molar-refractivity contribution in [3.63, 3.8) is 0 Å². The Balaban J connectivity index is 0.00000807. The number of rotatable bonds is 38. The number of phosphoric ester groups is 1. The van der Waals surface area contributed by atoms with Crippen molar-refractivity contribution in [2.75, 3.05) is 90.2 Å². The van der Waals surface area contributed by atoms with Gasteiger partial charge in [-0.2, -0.15) is 18.2 Å². The molecule has 3 amide bonds. The van der Waals surface area contributed by atoms with Crippen LogP contribution < -0.4 is 109 Å². The molecule has 4 aliphatic rings. The molecule has 3 aliphatic heterocycles. The number of thioether (sulfide) groups is 1. The number of hydrogen-bond donors (Lipinski definition) is 2. The van der Waals surface area contributed by atoms with Gasteiger partial charge in [0.1, 0.15) is 80.7 Å². The Labute approximate surface area is 706 Å². The van der Waals surface area contributed by atoms with Crippen LogP contribution in [-0.2, 0) is 93.0 Å². The zero-order valence-corrected chi connectivity index (χ0v) is 74.5. The van der Waals surface area contributed by atoms with Crippen molar-refractivity contribution >= 4 is 119 Å². The molecule has 0 spiro atoms. The van der Waals surface area contributed by atoms with E-state index in [1.54, 1.807) is 12.1 Å². The van der Waals surface area contributed by atoms with E-state index in [2.05, 4.69) is 45.7 Å². The first-order valence-electron chi connectivity index (χ1n) is 33.7. The number of likely N-dealkylation sites (N-methyl/N-ethyl adjacent to an activating group) is 1. The molecule has 1 saturated heterocycles. The van der Waals surface area contributed by atoms with Crippen molar-refractivity contribution in [3.8, 4) is 5.75 Å². The fourth-order valence-corrected chi connectivity index (χ4v) is 16.8. The third-order valence-electron chi connectivity index (χ3n) is 18.1. The molecule has 0 radical (unpaired) electrons. The summed E-state index contributed by atoms with van der Waals surface area (Å²) in [5.74, 6) is -4.95. The quantitative estimate of drug-likeness (QED) is 0.00633. The SMILES string of the molecule is CC(C)(CC(C)(Br)C(=O)OCCOP(=O)([O-])OCC[N+](C)(C)C)C(=O)OCCN1C(=O)CC(SC[C@H](NC(=O)CCCCCN2/C(=C/C=C3\CCCC(/C=C/C4=[N+](CCCCS(=O)(=O)[O-])c5cc[c-]cc5C4(C)C)=C3Oc3ccc(S(=O)(=O)[O-])cc3)C(C)(C)c3cc(S(=O)(=O)[O-])ccc32)C(=O)O)C1=O.[Na+].[Na+].[Na+]. The number of halogens is 1. The van der Waals surface area contributed by atoms with Gasteiger partial charge in [-0.05, 0) is 137 Å². The number of nitrogens with zero attached hydrogens (tertiary/aromatic N) is 4. The number of likely N-dealkylation sites (tertiary alicyclic amines) is 1. The van der Waals surface area contributed by atoms with Crippen molar-refractivity contribution in [2.24, 2.45) is 5.41 Å². The number of benzene rings is 3. The maximum absolute atomic E-state index is 13.5. The van der Waals surface area contributed by atoms with Gasteiger partial charge in [-0.1, -0.05) is 61.7 Å². The minimum atomic E-state index is -4.89. The first kappa shape index (κ1) is 95.9. The van der Waals surface area contributed by atoms with E-state index in [-0.39, 0.29) is 139 Å².